The van der Waals surface area contributed by atoms with Crippen LogP contribution in [-0.4, -0.2) is 28.6 Å². The van der Waals surface area contributed by atoms with Gasteiger partial charge in [0.25, 0.3) is 5.91 Å². The van der Waals surface area contributed by atoms with Gasteiger partial charge >= 0.3 is 0 Å². The molecule has 0 unspecified atom stereocenters. The van der Waals surface area contributed by atoms with Crippen LogP contribution in [0.4, 0.5) is 0 Å². The summed E-state index contributed by atoms with van der Waals surface area (Å²) in [5.74, 6) is 0.128. The highest BCUT2D eigenvalue weighted by molar-refractivity contribution is 5.92. The summed E-state index contributed by atoms with van der Waals surface area (Å²) in [6.07, 6.45) is 2.68. The molecule has 0 bridgehead atoms. The lowest BCUT2D eigenvalue weighted by Crippen LogP contribution is -2.38. The highest BCUT2D eigenvalue weighted by atomic mass is 16.3. The van der Waals surface area contributed by atoms with E-state index in [4.69, 9.17) is 10.4 Å². The molecule has 5 nitrogen and oxygen atoms in total. The lowest BCUT2D eigenvalue weighted by atomic mass is 9.82. The molecule has 0 aromatic carbocycles. The Morgan fingerprint density at radius 3 is 2.88 bits per heavy atom. The third-order valence-electron chi connectivity index (χ3n) is 2.89. The van der Waals surface area contributed by atoms with Crippen LogP contribution < -0.4 is 5.32 Å². The number of hydrogen-bond donors (Lipinski definition) is 2. The maximum atomic E-state index is 11.7. The van der Waals surface area contributed by atoms with Gasteiger partial charge in [-0.3, -0.25) is 4.79 Å². The first-order chi connectivity index (χ1) is 8.19. The molecule has 1 fully saturated rings. The number of carbonyl (C=O) groups is 1. The van der Waals surface area contributed by atoms with Crippen molar-refractivity contribution in [3.8, 4) is 6.07 Å². The molecule has 0 atom stereocenters. The number of aromatic nitrogens is 1. The first kappa shape index (κ1) is 11.6. The lowest BCUT2D eigenvalue weighted by molar-refractivity contribution is 0.0419. The number of nitriles is 1. The van der Waals surface area contributed by atoms with Crippen LogP contribution in [0.1, 0.15) is 28.9 Å². The minimum atomic E-state index is -0.240. The molecule has 0 spiro atoms. The Kier molecular flexibility index (Phi) is 3.35. The fraction of sp³-hybridized carbons (Fsp3) is 0.417. The minimum Gasteiger partial charge on any atom is -0.393 e. The molecule has 1 heterocycles. The zero-order valence-electron chi connectivity index (χ0n) is 9.26. The zero-order valence-corrected chi connectivity index (χ0v) is 9.26. The number of nitrogens with one attached hydrogen (secondary N) is 1. The molecule has 0 radical (unpaired) electrons. The van der Waals surface area contributed by atoms with Gasteiger partial charge in [0.2, 0.25) is 0 Å². The van der Waals surface area contributed by atoms with Gasteiger partial charge in [0, 0.05) is 12.7 Å². The lowest BCUT2D eigenvalue weighted by Gasteiger charge is -2.31. The first-order valence-corrected chi connectivity index (χ1v) is 5.51. The van der Waals surface area contributed by atoms with Gasteiger partial charge in [-0.25, -0.2) is 4.98 Å². The fourth-order valence-corrected chi connectivity index (χ4v) is 1.79. The maximum Gasteiger partial charge on any atom is 0.269 e. The number of nitrogens with zero attached hydrogens (tertiary/aromatic N) is 2. The van der Waals surface area contributed by atoms with Gasteiger partial charge in [-0.15, -0.1) is 0 Å². The van der Waals surface area contributed by atoms with E-state index in [2.05, 4.69) is 10.3 Å². The third-order valence-corrected chi connectivity index (χ3v) is 2.89. The van der Waals surface area contributed by atoms with Crippen LogP contribution in [-0.2, 0) is 0 Å². The van der Waals surface area contributed by atoms with Crippen LogP contribution in [0.15, 0.2) is 18.3 Å². The number of pyridine rings is 1. The molecule has 1 aromatic heterocycles. The van der Waals surface area contributed by atoms with Crippen LogP contribution in [0, 0.1) is 17.2 Å². The predicted octanol–water partition coefficient (Wildman–Crippen LogP) is 0.454. The smallest absolute Gasteiger partial charge is 0.269 e. The molecule has 1 aliphatic carbocycles. The summed E-state index contributed by atoms with van der Waals surface area (Å²) in [4.78, 5) is 15.6. The Morgan fingerprint density at radius 1 is 1.59 bits per heavy atom. The topological polar surface area (TPSA) is 86.0 Å². The van der Waals surface area contributed by atoms with Crippen molar-refractivity contribution in [1.29, 1.82) is 5.26 Å². The Bertz CT molecular complexity index is 444. The van der Waals surface area contributed by atoms with E-state index in [-0.39, 0.29) is 12.0 Å². The van der Waals surface area contributed by atoms with Crippen molar-refractivity contribution in [3.63, 3.8) is 0 Å². The molecule has 0 saturated heterocycles. The molecule has 88 valence electrons. The van der Waals surface area contributed by atoms with E-state index in [9.17, 15) is 4.79 Å². The summed E-state index contributed by atoms with van der Waals surface area (Å²) in [6.45, 7) is 0.567. The van der Waals surface area contributed by atoms with E-state index >= 15 is 0 Å². The van der Waals surface area contributed by atoms with E-state index in [0.717, 1.165) is 12.8 Å². The summed E-state index contributed by atoms with van der Waals surface area (Å²) in [6, 6.07) is 5.04. The molecular formula is C12H13N3O2. The van der Waals surface area contributed by atoms with Crippen molar-refractivity contribution in [2.45, 2.75) is 18.9 Å². The van der Waals surface area contributed by atoms with Crippen molar-refractivity contribution in [3.05, 3.63) is 29.6 Å². The van der Waals surface area contributed by atoms with Gasteiger partial charge < -0.3 is 10.4 Å². The van der Waals surface area contributed by atoms with E-state index in [1.54, 1.807) is 6.07 Å². The molecule has 1 amide bonds. The molecule has 5 heteroatoms. The highest BCUT2D eigenvalue weighted by Gasteiger charge is 2.27. The molecule has 1 aromatic rings. The second-order valence-corrected chi connectivity index (χ2v) is 4.25. The van der Waals surface area contributed by atoms with E-state index in [1.807, 2.05) is 6.07 Å². The second kappa shape index (κ2) is 4.93. The second-order valence-electron chi connectivity index (χ2n) is 4.25. The van der Waals surface area contributed by atoms with E-state index < -0.39 is 0 Å². The van der Waals surface area contributed by atoms with Gasteiger partial charge in [-0.1, -0.05) is 0 Å². The molecule has 17 heavy (non-hydrogen) atoms. The van der Waals surface area contributed by atoms with Crippen LogP contribution in [0.5, 0.6) is 0 Å². The van der Waals surface area contributed by atoms with Gasteiger partial charge in [0.1, 0.15) is 11.8 Å². The summed E-state index contributed by atoms with van der Waals surface area (Å²) in [5, 5.41) is 20.5. The standard InChI is InChI=1S/C12H13N3O2/c13-5-8-1-2-11(14-6-8)12(17)15-7-9-3-10(16)4-9/h1-2,6,9-10,16H,3-4,7H2,(H,15,17). The predicted molar refractivity (Wildman–Crippen MR) is 60.0 cm³/mol. The number of aliphatic hydroxyl groups is 1. The van der Waals surface area contributed by atoms with Crippen molar-refractivity contribution in [2.24, 2.45) is 5.92 Å². The van der Waals surface area contributed by atoms with Crippen LogP contribution in [0.2, 0.25) is 0 Å². The average molecular weight is 231 g/mol. The van der Waals surface area contributed by atoms with Gasteiger partial charge in [0.05, 0.1) is 11.7 Å². The van der Waals surface area contributed by atoms with Crippen LogP contribution in [0.3, 0.4) is 0 Å². The van der Waals surface area contributed by atoms with Crippen molar-refractivity contribution >= 4 is 5.91 Å². The molecular weight excluding hydrogens is 218 g/mol. The third kappa shape index (κ3) is 2.80. The van der Waals surface area contributed by atoms with Crippen LogP contribution in [0.25, 0.3) is 0 Å². The largest absolute Gasteiger partial charge is 0.393 e. The number of hydrogen-bond acceptors (Lipinski definition) is 4. The summed E-state index contributed by atoms with van der Waals surface area (Å²) in [7, 11) is 0. The summed E-state index contributed by atoms with van der Waals surface area (Å²) in [5.41, 5.74) is 0.743. The average Bonchev–Trinajstić information content (AvgIpc) is 2.33. The van der Waals surface area contributed by atoms with E-state index in [1.165, 1.54) is 12.3 Å². The summed E-state index contributed by atoms with van der Waals surface area (Å²) >= 11 is 0. The molecule has 2 N–H and O–H groups in total. The Balaban J connectivity index is 1.84. The maximum absolute atomic E-state index is 11.7. The minimum absolute atomic E-state index is 0.204. The van der Waals surface area contributed by atoms with Gasteiger partial charge in [-0.05, 0) is 30.9 Å². The van der Waals surface area contributed by atoms with E-state index in [0.29, 0.717) is 23.7 Å². The van der Waals surface area contributed by atoms with Crippen LogP contribution >= 0.6 is 0 Å². The number of rotatable bonds is 3. The number of carbonyl (C=O) groups excluding carboxylic acids is 1. The van der Waals surface area contributed by atoms with Gasteiger partial charge in [-0.2, -0.15) is 5.26 Å². The molecule has 1 saturated carbocycles. The highest BCUT2D eigenvalue weighted by Crippen LogP contribution is 2.26. The van der Waals surface area contributed by atoms with Gasteiger partial charge in [0.15, 0.2) is 0 Å². The molecule has 0 aliphatic heterocycles. The van der Waals surface area contributed by atoms with Crippen molar-refractivity contribution in [1.82, 2.24) is 10.3 Å². The Hall–Kier alpha value is -1.93. The molecule has 1 aliphatic rings. The quantitative estimate of drug-likeness (QED) is 0.791. The summed E-state index contributed by atoms with van der Waals surface area (Å²) < 4.78 is 0. The first-order valence-electron chi connectivity index (χ1n) is 5.51. The zero-order chi connectivity index (χ0) is 12.3. The Morgan fingerprint density at radius 2 is 2.35 bits per heavy atom. The molecule has 2 rings (SSSR count). The number of aliphatic hydroxyl groups excluding tert-OH is 1. The Labute approximate surface area is 99.1 Å². The fourth-order valence-electron chi connectivity index (χ4n) is 1.79. The normalized spacial score (nSPS) is 22.4. The van der Waals surface area contributed by atoms with Crippen molar-refractivity contribution < 1.29 is 9.90 Å². The number of amides is 1. The van der Waals surface area contributed by atoms with Crippen molar-refractivity contribution in [2.75, 3.05) is 6.54 Å². The monoisotopic (exact) mass is 231 g/mol. The SMILES string of the molecule is N#Cc1ccc(C(=O)NCC2CC(O)C2)nc1.